The van der Waals surface area contributed by atoms with E-state index in [0.717, 1.165) is 5.56 Å². The smallest absolute Gasteiger partial charge is 0.127 e. The number of halogens is 1. The topological polar surface area (TPSA) is 21.3 Å². The second kappa shape index (κ2) is 6.19. The summed E-state index contributed by atoms with van der Waals surface area (Å²) in [5, 5.41) is 2.97. The third-order valence-corrected chi connectivity index (χ3v) is 1.89. The predicted molar refractivity (Wildman–Crippen MR) is 59.5 cm³/mol. The van der Waals surface area contributed by atoms with Crippen LogP contribution in [-0.4, -0.2) is 13.7 Å². The molecular weight excluding hydrogens is 193 g/mol. The molecule has 0 aliphatic rings. The zero-order valence-corrected chi connectivity index (χ0v) is 9.09. The average Bonchev–Trinajstić information content (AvgIpc) is 2.18. The van der Waals surface area contributed by atoms with Crippen molar-refractivity contribution in [3.63, 3.8) is 0 Å². The molecule has 3 heteroatoms. The van der Waals surface area contributed by atoms with Gasteiger partial charge in [-0.05, 0) is 31.7 Å². The van der Waals surface area contributed by atoms with Gasteiger partial charge in [0.25, 0.3) is 0 Å². The SMILES string of the molecule is C/C=C/COc1cc(F)cc(CNC)c1. The lowest BCUT2D eigenvalue weighted by Gasteiger charge is -2.06. The van der Waals surface area contributed by atoms with Crippen LogP contribution in [0.1, 0.15) is 12.5 Å². The molecule has 0 radical (unpaired) electrons. The van der Waals surface area contributed by atoms with E-state index in [9.17, 15) is 4.39 Å². The zero-order valence-electron chi connectivity index (χ0n) is 9.09. The minimum absolute atomic E-state index is 0.266. The molecular formula is C12H16FNO. The quantitative estimate of drug-likeness (QED) is 0.752. The second-order valence-electron chi connectivity index (χ2n) is 3.21. The van der Waals surface area contributed by atoms with E-state index < -0.39 is 0 Å². The minimum atomic E-state index is -0.266. The van der Waals surface area contributed by atoms with Crippen LogP contribution < -0.4 is 10.1 Å². The molecule has 0 amide bonds. The van der Waals surface area contributed by atoms with Gasteiger partial charge in [-0.25, -0.2) is 4.39 Å². The van der Waals surface area contributed by atoms with Crippen LogP contribution in [0, 0.1) is 5.82 Å². The summed E-state index contributed by atoms with van der Waals surface area (Å²) in [6.07, 6.45) is 3.77. The molecule has 15 heavy (non-hydrogen) atoms. The van der Waals surface area contributed by atoms with E-state index in [0.29, 0.717) is 18.9 Å². The molecule has 0 unspecified atom stereocenters. The Hall–Kier alpha value is -1.35. The molecule has 0 aromatic heterocycles. The maximum atomic E-state index is 13.1. The van der Waals surface area contributed by atoms with Gasteiger partial charge in [-0.1, -0.05) is 12.2 Å². The normalized spacial score (nSPS) is 10.9. The maximum Gasteiger partial charge on any atom is 0.127 e. The van der Waals surface area contributed by atoms with Gasteiger partial charge < -0.3 is 10.1 Å². The molecule has 0 aliphatic carbocycles. The number of hydrogen-bond donors (Lipinski definition) is 1. The van der Waals surface area contributed by atoms with Crippen LogP contribution >= 0.6 is 0 Å². The van der Waals surface area contributed by atoms with E-state index in [2.05, 4.69) is 5.32 Å². The molecule has 0 heterocycles. The first-order valence-corrected chi connectivity index (χ1v) is 4.94. The van der Waals surface area contributed by atoms with E-state index in [-0.39, 0.29) is 5.82 Å². The fraction of sp³-hybridized carbons (Fsp3) is 0.333. The van der Waals surface area contributed by atoms with Gasteiger partial charge in [0.15, 0.2) is 0 Å². The Morgan fingerprint density at radius 3 is 2.87 bits per heavy atom. The molecule has 0 saturated heterocycles. The van der Waals surface area contributed by atoms with Crippen molar-refractivity contribution in [2.45, 2.75) is 13.5 Å². The fourth-order valence-electron chi connectivity index (χ4n) is 1.25. The summed E-state index contributed by atoms with van der Waals surface area (Å²) in [5.74, 6) is 0.302. The zero-order chi connectivity index (χ0) is 11.1. The molecule has 1 rings (SSSR count). The number of allylic oxidation sites excluding steroid dienone is 1. The van der Waals surface area contributed by atoms with E-state index in [4.69, 9.17) is 4.74 Å². The van der Waals surface area contributed by atoms with Crippen molar-refractivity contribution in [3.05, 3.63) is 41.7 Å². The van der Waals surface area contributed by atoms with Crippen molar-refractivity contribution in [2.24, 2.45) is 0 Å². The summed E-state index contributed by atoms with van der Waals surface area (Å²) in [6.45, 7) is 3.03. The number of benzene rings is 1. The first-order chi connectivity index (χ1) is 7.26. The largest absolute Gasteiger partial charge is 0.489 e. The van der Waals surface area contributed by atoms with Crippen LogP contribution in [0.2, 0.25) is 0 Å². The van der Waals surface area contributed by atoms with Crippen LogP contribution in [0.15, 0.2) is 30.4 Å². The molecule has 0 spiro atoms. The molecule has 2 nitrogen and oxygen atoms in total. The fourth-order valence-corrected chi connectivity index (χ4v) is 1.25. The summed E-state index contributed by atoms with van der Waals surface area (Å²) in [5.41, 5.74) is 0.882. The Kier molecular flexibility index (Phi) is 4.84. The van der Waals surface area contributed by atoms with Gasteiger partial charge >= 0.3 is 0 Å². The summed E-state index contributed by atoms with van der Waals surface area (Å²) >= 11 is 0. The van der Waals surface area contributed by atoms with Crippen LogP contribution in [0.25, 0.3) is 0 Å². The van der Waals surface area contributed by atoms with Crippen molar-refractivity contribution < 1.29 is 9.13 Å². The Labute approximate surface area is 89.8 Å². The van der Waals surface area contributed by atoms with Gasteiger partial charge in [-0.15, -0.1) is 0 Å². The molecule has 0 saturated carbocycles. The first-order valence-electron chi connectivity index (χ1n) is 4.94. The van der Waals surface area contributed by atoms with E-state index in [1.165, 1.54) is 12.1 Å². The summed E-state index contributed by atoms with van der Waals surface area (Å²) in [7, 11) is 1.82. The van der Waals surface area contributed by atoms with Gasteiger partial charge in [0.1, 0.15) is 18.2 Å². The number of nitrogens with one attached hydrogen (secondary N) is 1. The highest BCUT2D eigenvalue weighted by Crippen LogP contribution is 2.16. The molecule has 1 aromatic rings. The second-order valence-corrected chi connectivity index (χ2v) is 3.21. The Morgan fingerprint density at radius 2 is 2.20 bits per heavy atom. The number of hydrogen-bond acceptors (Lipinski definition) is 2. The summed E-state index contributed by atoms with van der Waals surface area (Å²) < 4.78 is 18.5. The predicted octanol–water partition coefficient (Wildman–Crippen LogP) is 2.50. The highest BCUT2D eigenvalue weighted by Gasteiger charge is 2.00. The van der Waals surface area contributed by atoms with Crippen molar-refractivity contribution in [1.29, 1.82) is 0 Å². The van der Waals surface area contributed by atoms with E-state index >= 15 is 0 Å². The van der Waals surface area contributed by atoms with Gasteiger partial charge in [0.2, 0.25) is 0 Å². The summed E-state index contributed by atoms with van der Waals surface area (Å²) in [6, 6.07) is 4.73. The van der Waals surface area contributed by atoms with E-state index in [1.807, 2.05) is 32.2 Å². The van der Waals surface area contributed by atoms with Gasteiger partial charge in [0.05, 0.1) is 0 Å². The Bertz CT molecular complexity index is 336. The number of rotatable bonds is 5. The standard InChI is InChI=1S/C12H16FNO/c1-3-4-5-15-12-7-10(9-14-2)6-11(13)8-12/h3-4,6-8,14H,5,9H2,1-2H3/b4-3+. The molecule has 0 aliphatic heterocycles. The lowest BCUT2D eigenvalue weighted by atomic mass is 10.2. The third kappa shape index (κ3) is 4.13. The average molecular weight is 209 g/mol. The van der Waals surface area contributed by atoms with Gasteiger partial charge in [-0.2, -0.15) is 0 Å². The third-order valence-electron chi connectivity index (χ3n) is 1.89. The van der Waals surface area contributed by atoms with Crippen LogP contribution in [-0.2, 0) is 6.54 Å². The van der Waals surface area contributed by atoms with E-state index in [1.54, 1.807) is 0 Å². The molecule has 1 N–H and O–H groups in total. The number of ether oxygens (including phenoxy) is 1. The van der Waals surface area contributed by atoms with Crippen molar-refractivity contribution in [1.82, 2.24) is 5.32 Å². The molecule has 1 aromatic carbocycles. The van der Waals surface area contributed by atoms with Crippen molar-refractivity contribution in [3.8, 4) is 5.75 Å². The Balaban J connectivity index is 2.70. The molecule has 0 fully saturated rings. The van der Waals surface area contributed by atoms with Gasteiger partial charge in [0, 0.05) is 12.6 Å². The highest BCUT2D eigenvalue weighted by atomic mass is 19.1. The minimum Gasteiger partial charge on any atom is -0.489 e. The van der Waals surface area contributed by atoms with Crippen molar-refractivity contribution in [2.75, 3.05) is 13.7 Å². The monoisotopic (exact) mass is 209 g/mol. The van der Waals surface area contributed by atoms with Crippen LogP contribution in [0.4, 0.5) is 4.39 Å². The maximum absolute atomic E-state index is 13.1. The molecule has 0 bridgehead atoms. The highest BCUT2D eigenvalue weighted by molar-refractivity contribution is 5.29. The van der Waals surface area contributed by atoms with Gasteiger partial charge in [-0.3, -0.25) is 0 Å². The Morgan fingerprint density at radius 1 is 1.40 bits per heavy atom. The summed E-state index contributed by atoms with van der Waals surface area (Å²) in [4.78, 5) is 0. The van der Waals surface area contributed by atoms with Crippen LogP contribution in [0.5, 0.6) is 5.75 Å². The van der Waals surface area contributed by atoms with Crippen LogP contribution in [0.3, 0.4) is 0 Å². The molecule has 82 valence electrons. The molecule has 0 atom stereocenters. The first kappa shape index (κ1) is 11.7. The lowest BCUT2D eigenvalue weighted by molar-refractivity contribution is 0.360. The van der Waals surface area contributed by atoms with Crippen molar-refractivity contribution >= 4 is 0 Å². The lowest BCUT2D eigenvalue weighted by Crippen LogP contribution is -2.05.